The Balaban J connectivity index is 1.07. The van der Waals surface area contributed by atoms with E-state index >= 15 is 0 Å². The number of benzene rings is 4. The second-order valence-electron chi connectivity index (χ2n) is 15.5. The molecule has 15 nitrogen and oxygen atoms in total. The van der Waals surface area contributed by atoms with Crippen molar-refractivity contribution >= 4 is 0 Å². The predicted molar refractivity (Wildman–Crippen MR) is 217 cm³/mol. The van der Waals surface area contributed by atoms with Crippen LogP contribution in [0.2, 0.25) is 0 Å². The summed E-state index contributed by atoms with van der Waals surface area (Å²) in [6.07, 6.45) is -15.7. The van der Waals surface area contributed by atoms with Gasteiger partial charge in [-0.2, -0.15) is 0 Å². The van der Waals surface area contributed by atoms with Gasteiger partial charge in [0.1, 0.15) is 61.0 Å². The highest BCUT2D eigenvalue weighted by molar-refractivity contribution is 5.64. The van der Waals surface area contributed by atoms with Crippen molar-refractivity contribution in [2.75, 3.05) is 13.2 Å². The van der Waals surface area contributed by atoms with Crippen LogP contribution in [0, 0.1) is 0 Å². The number of hydrogen-bond acceptors (Lipinski definition) is 15. The fraction of sp³-hybridized carbons (Fsp3) is 0.455. The SMILES string of the molecule is NC[C@H]1O[C@H](O[C@H]2[C@H](O)[C@@H](O[C@H]3O[C@H](COCc4cccc(-c5ccccc5)c4)[C@@H](OCc4cccc(-c5ccccc5)c4)[C@H](N)[C@H]3O)[C@H](N)C[C@@H]2N)[C@H](O)[C@@H](O)[C@@H]1O. The monoisotopic (exact) mass is 816 g/mol. The van der Waals surface area contributed by atoms with Crippen LogP contribution in [0.4, 0.5) is 0 Å². The number of rotatable bonds is 14. The standard InChI is InChI=1S/C44H56N4O11/c45-20-32-35(49)37(51)38(52)44(56-32)59-41-31(47)19-30(46)40(39(41)53)58-43-36(50)34(48)42(55-22-25-10-8-16-29(18-25)27-13-5-2-6-14-27)33(57-43)23-54-21-24-9-7-15-28(17-24)26-11-3-1-4-12-26/h1-18,30-44,49-53H,19-23,45-48H2/t30-,31+,32-,33-,34-,35-,36-,37+,38-,39-,40+,41-,42-,43-,44-/m1/s1. The number of aliphatic hydroxyl groups is 5. The first-order chi connectivity index (χ1) is 28.5. The normalized spacial score (nSPS) is 35.0. The summed E-state index contributed by atoms with van der Waals surface area (Å²) in [6.45, 7) is 0.233. The number of hydrogen-bond donors (Lipinski definition) is 9. The molecule has 7 rings (SSSR count). The average Bonchev–Trinajstić information content (AvgIpc) is 3.26. The van der Waals surface area contributed by atoms with E-state index in [-0.39, 0.29) is 32.8 Å². The Hall–Kier alpha value is -3.72. The molecule has 3 fully saturated rings. The van der Waals surface area contributed by atoms with Gasteiger partial charge in [-0.1, -0.05) is 97.1 Å². The molecule has 0 aromatic heterocycles. The smallest absolute Gasteiger partial charge is 0.187 e. The summed E-state index contributed by atoms with van der Waals surface area (Å²) in [5.74, 6) is 0. The van der Waals surface area contributed by atoms with Crippen molar-refractivity contribution in [3.63, 3.8) is 0 Å². The molecule has 0 radical (unpaired) electrons. The third-order valence-electron chi connectivity index (χ3n) is 11.3. The van der Waals surface area contributed by atoms with Crippen LogP contribution in [-0.2, 0) is 41.6 Å². The zero-order valence-corrected chi connectivity index (χ0v) is 32.6. The van der Waals surface area contributed by atoms with Crippen LogP contribution in [0.25, 0.3) is 22.3 Å². The molecule has 2 heterocycles. The third kappa shape index (κ3) is 10.1. The molecule has 59 heavy (non-hydrogen) atoms. The van der Waals surface area contributed by atoms with Gasteiger partial charge in [0.15, 0.2) is 12.6 Å². The van der Waals surface area contributed by atoms with Gasteiger partial charge in [-0.25, -0.2) is 0 Å². The molecule has 0 spiro atoms. The molecule has 4 aromatic rings. The van der Waals surface area contributed by atoms with E-state index in [1.807, 2.05) is 103 Å². The second kappa shape index (κ2) is 19.8. The highest BCUT2D eigenvalue weighted by Gasteiger charge is 2.52. The Kier molecular flexibility index (Phi) is 14.5. The predicted octanol–water partition coefficient (Wildman–Crippen LogP) is 0.492. The topological polar surface area (TPSA) is 261 Å². The van der Waals surface area contributed by atoms with Crippen LogP contribution in [0.1, 0.15) is 17.5 Å². The summed E-state index contributed by atoms with van der Waals surface area (Å²) in [4.78, 5) is 0. The molecule has 0 unspecified atom stereocenters. The van der Waals surface area contributed by atoms with Crippen molar-refractivity contribution in [2.45, 2.75) is 111 Å². The molecule has 2 aliphatic heterocycles. The van der Waals surface area contributed by atoms with Crippen LogP contribution in [-0.4, -0.2) is 130 Å². The van der Waals surface area contributed by atoms with E-state index in [2.05, 4.69) is 6.07 Å². The van der Waals surface area contributed by atoms with Gasteiger partial charge in [0, 0.05) is 18.6 Å². The number of ether oxygens (including phenoxy) is 6. The molecule has 1 aliphatic carbocycles. The molecule has 15 heteroatoms. The Bertz CT molecular complexity index is 1910. The zero-order chi connectivity index (χ0) is 41.6. The van der Waals surface area contributed by atoms with E-state index in [0.29, 0.717) is 0 Å². The van der Waals surface area contributed by atoms with Gasteiger partial charge in [-0.05, 0) is 51.9 Å². The van der Waals surface area contributed by atoms with Crippen LogP contribution in [0.15, 0.2) is 109 Å². The largest absolute Gasteiger partial charge is 0.388 e. The van der Waals surface area contributed by atoms with Crippen molar-refractivity contribution in [2.24, 2.45) is 22.9 Å². The Morgan fingerprint density at radius 3 is 1.59 bits per heavy atom. The van der Waals surface area contributed by atoms with Crippen molar-refractivity contribution in [1.82, 2.24) is 0 Å². The fourth-order valence-electron chi connectivity index (χ4n) is 8.02. The van der Waals surface area contributed by atoms with Crippen molar-refractivity contribution in [1.29, 1.82) is 0 Å². The van der Waals surface area contributed by atoms with E-state index in [4.69, 9.17) is 51.4 Å². The summed E-state index contributed by atoms with van der Waals surface area (Å²) in [5, 5.41) is 54.5. The molecule has 15 atom stereocenters. The summed E-state index contributed by atoms with van der Waals surface area (Å²) in [5.41, 5.74) is 31.3. The lowest BCUT2D eigenvalue weighted by atomic mass is 9.84. The van der Waals surface area contributed by atoms with Gasteiger partial charge in [0.05, 0.1) is 25.9 Å². The molecule has 0 bridgehead atoms. The number of nitrogens with two attached hydrogens (primary N) is 4. The first-order valence-corrected chi connectivity index (χ1v) is 20.0. The Morgan fingerprint density at radius 2 is 1.03 bits per heavy atom. The van der Waals surface area contributed by atoms with Gasteiger partial charge in [-0.3, -0.25) is 0 Å². The van der Waals surface area contributed by atoms with Gasteiger partial charge in [-0.15, -0.1) is 0 Å². The molecule has 3 aliphatic rings. The van der Waals surface area contributed by atoms with E-state index in [0.717, 1.165) is 33.4 Å². The van der Waals surface area contributed by atoms with Gasteiger partial charge in [0.25, 0.3) is 0 Å². The Labute approximate surface area is 343 Å². The quantitative estimate of drug-likeness (QED) is 0.0839. The Morgan fingerprint density at radius 1 is 0.525 bits per heavy atom. The van der Waals surface area contributed by atoms with Crippen LogP contribution in [0.3, 0.4) is 0 Å². The average molecular weight is 817 g/mol. The second-order valence-corrected chi connectivity index (χ2v) is 15.5. The zero-order valence-electron chi connectivity index (χ0n) is 32.6. The van der Waals surface area contributed by atoms with Gasteiger partial charge >= 0.3 is 0 Å². The lowest BCUT2D eigenvalue weighted by Gasteiger charge is -2.48. The molecule has 0 amide bonds. The molecular weight excluding hydrogens is 761 g/mol. The van der Waals surface area contributed by atoms with Gasteiger partial charge in [0.2, 0.25) is 0 Å². The molecule has 4 aromatic carbocycles. The highest BCUT2D eigenvalue weighted by Crippen LogP contribution is 2.33. The van der Waals surface area contributed by atoms with E-state index in [1.165, 1.54) is 0 Å². The van der Waals surface area contributed by atoms with Crippen LogP contribution < -0.4 is 22.9 Å². The maximum absolute atomic E-state index is 11.6. The molecule has 1 saturated carbocycles. The van der Waals surface area contributed by atoms with E-state index in [1.54, 1.807) is 0 Å². The van der Waals surface area contributed by atoms with E-state index < -0.39 is 91.7 Å². The molecule has 318 valence electrons. The van der Waals surface area contributed by atoms with Crippen LogP contribution in [0.5, 0.6) is 0 Å². The van der Waals surface area contributed by atoms with Gasteiger partial charge < -0.3 is 76.9 Å². The summed E-state index contributed by atoms with van der Waals surface area (Å²) < 4.78 is 36.9. The highest BCUT2D eigenvalue weighted by atomic mass is 16.7. The summed E-state index contributed by atoms with van der Waals surface area (Å²) >= 11 is 0. The lowest BCUT2D eigenvalue weighted by molar-refractivity contribution is -0.334. The minimum absolute atomic E-state index is 0.00778. The van der Waals surface area contributed by atoms with Crippen molar-refractivity contribution in [3.8, 4) is 22.3 Å². The maximum atomic E-state index is 11.6. The summed E-state index contributed by atoms with van der Waals surface area (Å²) in [6, 6.07) is 33.2. The fourth-order valence-corrected chi connectivity index (χ4v) is 8.02. The minimum atomic E-state index is -1.68. The first kappa shape index (κ1) is 43.4. The first-order valence-electron chi connectivity index (χ1n) is 20.0. The van der Waals surface area contributed by atoms with Crippen LogP contribution >= 0.6 is 0 Å². The van der Waals surface area contributed by atoms with Crippen molar-refractivity contribution < 1.29 is 54.0 Å². The third-order valence-corrected chi connectivity index (χ3v) is 11.3. The number of aliphatic hydroxyl groups excluding tert-OH is 5. The minimum Gasteiger partial charge on any atom is -0.388 e. The molecule has 13 N–H and O–H groups in total. The summed E-state index contributed by atoms with van der Waals surface area (Å²) in [7, 11) is 0. The molecule has 2 saturated heterocycles. The van der Waals surface area contributed by atoms with E-state index in [9.17, 15) is 25.5 Å². The maximum Gasteiger partial charge on any atom is 0.187 e. The lowest BCUT2D eigenvalue weighted by Crippen LogP contribution is -2.68. The van der Waals surface area contributed by atoms with Crippen molar-refractivity contribution in [3.05, 3.63) is 120 Å². The molecular formula is C44H56N4O11.